The molecule has 0 saturated heterocycles. The number of amides is 1. The molecule has 1 aliphatic carbocycles. The van der Waals surface area contributed by atoms with E-state index in [-0.39, 0.29) is 48.2 Å². The van der Waals surface area contributed by atoms with Crippen molar-refractivity contribution in [3.63, 3.8) is 0 Å². The van der Waals surface area contributed by atoms with E-state index in [1.54, 1.807) is 32.0 Å². The van der Waals surface area contributed by atoms with E-state index in [0.717, 1.165) is 5.39 Å². The summed E-state index contributed by atoms with van der Waals surface area (Å²) in [5, 5.41) is 21.6. The molecule has 1 saturated carbocycles. The zero-order valence-electron chi connectivity index (χ0n) is 21.5. The summed E-state index contributed by atoms with van der Waals surface area (Å²) >= 11 is 0. The summed E-state index contributed by atoms with van der Waals surface area (Å²) in [7, 11) is 0. The number of nitrogens with zero attached hydrogens (tertiary/aromatic N) is 2. The molecule has 38 heavy (non-hydrogen) atoms. The number of pyridine rings is 1. The number of carbonyl (C=O) groups excluding carboxylic acids is 4. The van der Waals surface area contributed by atoms with Gasteiger partial charge in [-0.15, -0.1) is 0 Å². The highest BCUT2D eigenvalue weighted by molar-refractivity contribution is 6.21. The van der Waals surface area contributed by atoms with E-state index in [0.29, 0.717) is 5.52 Å². The van der Waals surface area contributed by atoms with Gasteiger partial charge >= 0.3 is 11.9 Å². The third-order valence-electron chi connectivity index (χ3n) is 6.90. The molecule has 1 aromatic carbocycles. The van der Waals surface area contributed by atoms with Gasteiger partial charge in [-0.2, -0.15) is 0 Å². The van der Waals surface area contributed by atoms with E-state index < -0.39 is 46.7 Å². The van der Waals surface area contributed by atoms with Gasteiger partial charge in [0, 0.05) is 24.6 Å². The number of aliphatic carboxylic acids is 1. The molecule has 4 rings (SSSR count). The SMILES string of the molecule is CC(C)C1(C)N=C(c2nc3ccccc3cc2C(=O)O)NC1=O.CCC(=O)C1C(=O)CC(C(=O)O)CC1=O. The number of Topliss-reactive ketones (excluding diaryl/α,β-unsaturated/α-hetero) is 3. The van der Waals surface area contributed by atoms with Crippen LogP contribution in [-0.2, 0) is 24.0 Å². The lowest BCUT2D eigenvalue weighted by Crippen LogP contribution is -2.41. The highest BCUT2D eigenvalue weighted by Crippen LogP contribution is 2.28. The standard InChI is InChI=1S/C17H17N3O3.C10H12O5/c1-9(2)17(3)16(23)19-14(20-17)13-11(15(21)22)8-10-6-4-5-7-12(10)18-13;1-2-6(11)9-7(12)3-5(10(14)15)4-8(9)13/h4-9H,1-3H3,(H,21,22)(H,19,20,23);5,9H,2-4H2,1H3,(H,14,15). The van der Waals surface area contributed by atoms with Crippen LogP contribution < -0.4 is 5.32 Å². The zero-order valence-corrected chi connectivity index (χ0v) is 21.5. The lowest BCUT2D eigenvalue weighted by molar-refractivity contribution is -0.152. The molecule has 1 aliphatic heterocycles. The number of nitrogens with one attached hydrogen (secondary N) is 1. The van der Waals surface area contributed by atoms with Crippen LogP contribution >= 0.6 is 0 Å². The Labute approximate surface area is 218 Å². The van der Waals surface area contributed by atoms with Crippen molar-refractivity contribution >= 4 is 51.9 Å². The maximum absolute atomic E-state index is 12.3. The maximum Gasteiger partial charge on any atom is 0.338 e. The van der Waals surface area contributed by atoms with Crippen molar-refractivity contribution in [2.45, 2.75) is 52.5 Å². The molecular weight excluding hydrogens is 494 g/mol. The van der Waals surface area contributed by atoms with Crippen LogP contribution in [0.5, 0.6) is 0 Å². The minimum Gasteiger partial charge on any atom is -0.481 e. The molecule has 200 valence electrons. The Morgan fingerprint density at radius 1 is 1.08 bits per heavy atom. The summed E-state index contributed by atoms with van der Waals surface area (Å²) in [6, 6.07) is 8.79. The van der Waals surface area contributed by atoms with Gasteiger partial charge in [0.05, 0.1) is 17.0 Å². The molecule has 1 atom stereocenters. The first-order valence-corrected chi connectivity index (χ1v) is 12.2. The average Bonchev–Trinajstić information content (AvgIpc) is 3.18. The van der Waals surface area contributed by atoms with Gasteiger partial charge in [-0.1, -0.05) is 39.0 Å². The van der Waals surface area contributed by atoms with Crippen LogP contribution in [0.4, 0.5) is 0 Å². The molecule has 3 N–H and O–H groups in total. The van der Waals surface area contributed by atoms with Crippen LogP contribution in [0.2, 0.25) is 0 Å². The number of carboxylic acids is 2. The highest BCUT2D eigenvalue weighted by atomic mass is 16.4. The van der Waals surface area contributed by atoms with Crippen LogP contribution in [0.25, 0.3) is 10.9 Å². The van der Waals surface area contributed by atoms with Crippen molar-refractivity contribution in [2.75, 3.05) is 0 Å². The molecule has 0 radical (unpaired) electrons. The summed E-state index contributed by atoms with van der Waals surface area (Å²) < 4.78 is 0. The minimum absolute atomic E-state index is 0.0197. The number of hydrogen-bond donors (Lipinski definition) is 3. The first-order chi connectivity index (χ1) is 17.8. The normalized spacial score (nSPS) is 23.0. The number of para-hydroxylation sites is 1. The predicted octanol–water partition coefficient (Wildman–Crippen LogP) is 2.44. The van der Waals surface area contributed by atoms with Crippen LogP contribution in [0, 0.1) is 17.8 Å². The lowest BCUT2D eigenvalue weighted by Gasteiger charge is -2.22. The number of ketones is 3. The molecule has 0 spiro atoms. The van der Waals surface area contributed by atoms with Crippen molar-refractivity contribution in [3.05, 3.63) is 41.6 Å². The molecule has 2 aromatic rings. The second-order valence-corrected chi connectivity index (χ2v) is 9.73. The quantitative estimate of drug-likeness (QED) is 0.479. The Kier molecular flexibility index (Phi) is 8.19. The summed E-state index contributed by atoms with van der Waals surface area (Å²) in [5.41, 5.74) is -0.0504. The number of hydrogen-bond acceptors (Lipinski definition) is 8. The molecule has 0 bridgehead atoms. The third-order valence-corrected chi connectivity index (χ3v) is 6.90. The largest absolute Gasteiger partial charge is 0.481 e. The van der Waals surface area contributed by atoms with Gasteiger partial charge in [-0.25, -0.2) is 14.8 Å². The van der Waals surface area contributed by atoms with Crippen molar-refractivity contribution < 1.29 is 39.0 Å². The summed E-state index contributed by atoms with van der Waals surface area (Å²) in [6.07, 6.45) is -0.297. The van der Waals surface area contributed by atoms with Crippen LogP contribution in [-0.4, -0.2) is 61.8 Å². The van der Waals surface area contributed by atoms with Crippen molar-refractivity contribution in [3.8, 4) is 0 Å². The molecule has 1 amide bonds. The van der Waals surface area contributed by atoms with Crippen LogP contribution in [0.3, 0.4) is 0 Å². The van der Waals surface area contributed by atoms with Gasteiger partial charge in [0.2, 0.25) is 0 Å². The fourth-order valence-corrected chi connectivity index (χ4v) is 4.22. The Balaban J connectivity index is 0.000000232. The summed E-state index contributed by atoms with van der Waals surface area (Å²) in [6.45, 7) is 7.11. The van der Waals surface area contributed by atoms with Crippen molar-refractivity contribution in [1.29, 1.82) is 0 Å². The second-order valence-electron chi connectivity index (χ2n) is 9.73. The number of fused-ring (bicyclic) bond motifs is 1. The number of carbonyl (C=O) groups is 6. The molecule has 1 unspecified atom stereocenters. The number of aromatic carboxylic acids is 1. The molecule has 1 fully saturated rings. The Morgan fingerprint density at radius 2 is 1.68 bits per heavy atom. The summed E-state index contributed by atoms with van der Waals surface area (Å²) in [4.78, 5) is 77.4. The highest BCUT2D eigenvalue weighted by Gasteiger charge is 2.43. The second kappa shape index (κ2) is 11.0. The number of carboxylic acid groups (broad SMARTS) is 2. The number of benzene rings is 1. The molecule has 2 heterocycles. The van der Waals surface area contributed by atoms with Crippen LogP contribution in [0.1, 0.15) is 63.0 Å². The summed E-state index contributed by atoms with van der Waals surface area (Å²) in [5.74, 6) is -5.97. The minimum atomic E-state index is -1.20. The molecule has 11 heteroatoms. The van der Waals surface area contributed by atoms with Gasteiger partial charge in [0.15, 0.2) is 23.2 Å². The average molecular weight is 524 g/mol. The van der Waals surface area contributed by atoms with E-state index in [2.05, 4.69) is 15.3 Å². The van der Waals surface area contributed by atoms with E-state index in [9.17, 15) is 33.9 Å². The van der Waals surface area contributed by atoms with Gasteiger partial charge in [-0.3, -0.25) is 24.0 Å². The Morgan fingerprint density at radius 3 is 2.18 bits per heavy atom. The fraction of sp³-hybridized carbons (Fsp3) is 0.407. The van der Waals surface area contributed by atoms with Gasteiger partial charge < -0.3 is 15.5 Å². The molecule has 2 aliphatic rings. The smallest absolute Gasteiger partial charge is 0.338 e. The predicted molar refractivity (Wildman–Crippen MR) is 136 cm³/mol. The Hall–Kier alpha value is -4.28. The van der Waals surface area contributed by atoms with E-state index in [1.807, 2.05) is 26.0 Å². The van der Waals surface area contributed by atoms with Crippen molar-refractivity contribution in [2.24, 2.45) is 22.7 Å². The van der Waals surface area contributed by atoms with Gasteiger partial charge in [-0.05, 0) is 25.0 Å². The Bertz CT molecular complexity index is 1360. The zero-order chi connectivity index (χ0) is 28.4. The van der Waals surface area contributed by atoms with E-state index in [1.165, 1.54) is 0 Å². The fourth-order valence-electron chi connectivity index (χ4n) is 4.22. The molecular formula is C27H29N3O8. The van der Waals surface area contributed by atoms with E-state index in [4.69, 9.17) is 5.11 Å². The van der Waals surface area contributed by atoms with Gasteiger partial charge in [0.1, 0.15) is 17.2 Å². The monoisotopic (exact) mass is 523 g/mol. The first kappa shape index (κ1) is 28.3. The lowest BCUT2D eigenvalue weighted by atomic mass is 9.77. The molecule has 11 nitrogen and oxygen atoms in total. The van der Waals surface area contributed by atoms with Crippen molar-refractivity contribution in [1.82, 2.24) is 10.3 Å². The topological polar surface area (TPSA) is 180 Å². The number of rotatable bonds is 6. The van der Waals surface area contributed by atoms with Gasteiger partial charge in [0.25, 0.3) is 5.91 Å². The first-order valence-electron chi connectivity index (χ1n) is 12.2. The van der Waals surface area contributed by atoms with Crippen LogP contribution in [0.15, 0.2) is 35.3 Å². The number of aromatic nitrogens is 1. The molecule has 1 aromatic heterocycles. The number of amidine groups is 1. The third kappa shape index (κ3) is 5.51. The van der Waals surface area contributed by atoms with E-state index >= 15 is 0 Å². The number of aliphatic imine (C=N–C) groups is 1. The maximum atomic E-state index is 12.3.